The summed E-state index contributed by atoms with van der Waals surface area (Å²) < 4.78 is 35.4. The van der Waals surface area contributed by atoms with Crippen LogP contribution < -0.4 is 10.0 Å². The van der Waals surface area contributed by atoms with Crippen LogP contribution in [-0.2, 0) is 26.0 Å². The highest BCUT2D eigenvalue weighted by molar-refractivity contribution is 9.11. The van der Waals surface area contributed by atoms with Crippen molar-refractivity contribution in [3.63, 3.8) is 0 Å². The fraction of sp³-hybridized carbons (Fsp3) is 0.417. The molecule has 1 aliphatic heterocycles. The molecule has 3 rings (SSSR count). The lowest BCUT2D eigenvalue weighted by Crippen LogP contribution is -2.45. The van der Waals surface area contributed by atoms with E-state index in [1.807, 2.05) is 30.3 Å². The van der Waals surface area contributed by atoms with Crippen LogP contribution in [0.3, 0.4) is 0 Å². The van der Waals surface area contributed by atoms with E-state index in [0.29, 0.717) is 15.4 Å². The van der Waals surface area contributed by atoms with Crippen molar-refractivity contribution in [2.45, 2.75) is 56.2 Å². The maximum atomic E-state index is 13.1. The molecule has 0 unspecified atom stereocenters. The number of benzene rings is 2. The summed E-state index contributed by atoms with van der Waals surface area (Å²) in [6.07, 6.45) is -0.00647. The minimum absolute atomic E-state index is 0.0929. The van der Waals surface area contributed by atoms with Gasteiger partial charge in [-0.25, -0.2) is 17.9 Å². The number of rotatable bonds is 7. The summed E-state index contributed by atoms with van der Waals surface area (Å²) in [6, 6.07) is 13.3. The molecule has 1 fully saturated rings. The summed E-state index contributed by atoms with van der Waals surface area (Å²) in [5.74, 6) is -0.178. The molecule has 1 aliphatic rings. The standard InChI is InChI=1S/C24H29Br2N3O5S/c1-24(2,3)34-23(31)29-15-18(28-35(32,33)21-12-17(25)9-10-20(21)26)13-19(29)14-27-22(30)11-16-7-5-4-6-8-16/h4-10,12,18-19,28H,11,13-15H2,1-3H3,(H,27,30)/t18-,19-/m1/s1. The summed E-state index contributed by atoms with van der Waals surface area (Å²) >= 11 is 6.59. The molecular weight excluding hydrogens is 602 g/mol. The van der Waals surface area contributed by atoms with E-state index in [2.05, 4.69) is 41.9 Å². The number of hydrogen-bond acceptors (Lipinski definition) is 5. The molecule has 0 aliphatic carbocycles. The lowest BCUT2D eigenvalue weighted by molar-refractivity contribution is -0.120. The second-order valence-electron chi connectivity index (χ2n) is 9.38. The SMILES string of the molecule is CC(C)(C)OC(=O)N1C[C@H](NS(=O)(=O)c2cc(Br)ccc2Br)C[C@@H]1CNC(=O)Cc1ccccc1. The summed E-state index contributed by atoms with van der Waals surface area (Å²) in [5, 5.41) is 2.87. The van der Waals surface area contributed by atoms with Gasteiger partial charge in [0.15, 0.2) is 0 Å². The number of carbonyl (C=O) groups excluding carboxylic acids is 2. The van der Waals surface area contributed by atoms with E-state index in [9.17, 15) is 18.0 Å². The van der Waals surface area contributed by atoms with E-state index in [1.54, 1.807) is 32.9 Å². The van der Waals surface area contributed by atoms with Crippen molar-refractivity contribution >= 4 is 53.9 Å². The van der Waals surface area contributed by atoms with E-state index in [4.69, 9.17) is 4.74 Å². The molecule has 2 aromatic rings. The largest absolute Gasteiger partial charge is 0.444 e. The van der Waals surface area contributed by atoms with Gasteiger partial charge in [-0.1, -0.05) is 46.3 Å². The Balaban J connectivity index is 1.72. The van der Waals surface area contributed by atoms with Gasteiger partial charge in [-0.05, 0) is 66.9 Å². The summed E-state index contributed by atoms with van der Waals surface area (Å²) in [4.78, 5) is 26.9. The maximum absolute atomic E-state index is 13.1. The zero-order valence-electron chi connectivity index (χ0n) is 19.8. The molecule has 1 saturated heterocycles. The molecule has 190 valence electrons. The molecule has 8 nitrogen and oxygen atoms in total. The van der Waals surface area contributed by atoms with Crippen LogP contribution in [0.25, 0.3) is 0 Å². The lowest BCUT2D eigenvalue weighted by Gasteiger charge is -2.28. The first-order valence-corrected chi connectivity index (χ1v) is 14.2. The number of nitrogens with one attached hydrogen (secondary N) is 2. The maximum Gasteiger partial charge on any atom is 0.410 e. The van der Waals surface area contributed by atoms with Crippen molar-refractivity contribution in [2.24, 2.45) is 0 Å². The topological polar surface area (TPSA) is 105 Å². The van der Waals surface area contributed by atoms with Crippen molar-refractivity contribution < 1.29 is 22.7 Å². The van der Waals surface area contributed by atoms with Crippen LogP contribution in [0.15, 0.2) is 62.4 Å². The number of amides is 2. The van der Waals surface area contributed by atoms with E-state index < -0.39 is 33.8 Å². The number of carbonyl (C=O) groups is 2. The summed E-state index contributed by atoms with van der Waals surface area (Å²) in [7, 11) is -3.87. The van der Waals surface area contributed by atoms with Crippen molar-refractivity contribution in [3.05, 3.63) is 63.0 Å². The number of ether oxygens (including phenoxy) is 1. The van der Waals surface area contributed by atoms with Gasteiger partial charge in [0.05, 0.1) is 17.4 Å². The van der Waals surface area contributed by atoms with Crippen LogP contribution >= 0.6 is 31.9 Å². The monoisotopic (exact) mass is 629 g/mol. The first-order valence-electron chi connectivity index (χ1n) is 11.1. The Morgan fingerprint density at radius 1 is 1.11 bits per heavy atom. The zero-order chi connectivity index (χ0) is 25.8. The minimum atomic E-state index is -3.87. The van der Waals surface area contributed by atoms with E-state index in [-0.39, 0.29) is 30.3 Å². The van der Waals surface area contributed by atoms with E-state index >= 15 is 0 Å². The van der Waals surface area contributed by atoms with E-state index in [1.165, 1.54) is 11.0 Å². The van der Waals surface area contributed by atoms with Gasteiger partial charge in [0.2, 0.25) is 15.9 Å². The average Bonchev–Trinajstić information content (AvgIpc) is 3.15. The molecule has 1 heterocycles. The van der Waals surface area contributed by atoms with Crippen LogP contribution in [-0.4, -0.2) is 56.1 Å². The lowest BCUT2D eigenvalue weighted by atomic mass is 10.1. The fourth-order valence-electron chi connectivity index (χ4n) is 3.78. The Morgan fingerprint density at radius 2 is 1.80 bits per heavy atom. The van der Waals surface area contributed by atoms with Crippen LogP contribution in [0, 0.1) is 0 Å². The molecule has 0 saturated carbocycles. The molecule has 0 aromatic heterocycles. The Bertz CT molecular complexity index is 1170. The van der Waals surface area contributed by atoms with Crippen molar-refractivity contribution in [3.8, 4) is 0 Å². The molecule has 0 radical (unpaired) electrons. The van der Waals surface area contributed by atoms with Crippen molar-refractivity contribution in [1.82, 2.24) is 14.9 Å². The second-order valence-corrected chi connectivity index (χ2v) is 12.8. The first kappa shape index (κ1) is 27.6. The van der Waals surface area contributed by atoms with Gasteiger partial charge in [-0.3, -0.25) is 4.79 Å². The third kappa shape index (κ3) is 8.03. The fourth-order valence-corrected chi connectivity index (χ4v) is 6.52. The Hall–Kier alpha value is -1.95. The molecule has 0 bridgehead atoms. The summed E-state index contributed by atoms with van der Waals surface area (Å²) in [6.45, 7) is 5.61. The molecule has 11 heteroatoms. The van der Waals surface area contributed by atoms with E-state index in [0.717, 1.165) is 5.56 Å². The number of halogens is 2. The Morgan fingerprint density at radius 3 is 2.46 bits per heavy atom. The Kier molecular flexibility index (Phi) is 9.01. The van der Waals surface area contributed by atoms with Gasteiger partial charge >= 0.3 is 6.09 Å². The zero-order valence-corrected chi connectivity index (χ0v) is 23.7. The van der Waals surface area contributed by atoms with Gasteiger partial charge in [0.1, 0.15) is 5.60 Å². The normalized spacial score (nSPS) is 18.4. The minimum Gasteiger partial charge on any atom is -0.444 e. The number of hydrogen-bond donors (Lipinski definition) is 2. The summed E-state index contributed by atoms with van der Waals surface area (Å²) in [5.41, 5.74) is 0.169. The molecule has 2 atom stereocenters. The smallest absolute Gasteiger partial charge is 0.410 e. The molecule has 2 aromatic carbocycles. The number of sulfonamides is 1. The number of nitrogens with zero attached hydrogens (tertiary/aromatic N) is 1. The van der Waals surface area contributed by atoms with Gasteiger partial charge in [0, 0.05) is 28.1 Å². The highest BCUT2D eigenvalue weighted by atomic mass is 79.9. The predicted octanol–water partition coefficient (Wildman–Crippen LogP) is 4.23. The first-order chi connectivity index (χ1) is 16.3. The highest BCUT2D eigenvalue weighted by Crippen LogP contribution is 2.28. The average molecular weight is 631 g/mol. The van der Waals surface area contributed by atoms with Crippen molar-refractivity contribution in [1.29, 1.82) is 0 Å². The van der Waals surface area contributed by atoms with Crippen LogP contribution in [0.4, 0.5) is 4.79 Å². The molecular formula is C24H29Br2N3O5S. The van der Waals surface area contributed by atoms with Gasteiger partial charge in [-0.2, -0.15) is 0 Å². The quantitative estimate of drug-likeness (QED) is 0.477. The van der Waals surface area contributed by atoms with Crippen LogP contribution in [0.1, 0.15) is 32.8 Å². The predicted molar refractivity (Wildman–Crippen MR) is 140 cm³/mol. The molecule has 2 amide bonds. The third-order valence-corrected chi connectivity index (χ3v) is 8.30. The van der Waals surface area contributed by atoms with Gasteiger partial charge < -0.3 is 15.0 Å². The third-order valence-electron chi connectivity index (χ3n) is 5.29. The Labute approximate surface area is 223 Å². The molecule has 0 spiro atoms. The second kappa shape index (κ2) is 11.4. The number of likely N-dealkylation sites (tertiary alicyclic amines) is 1. The highest BCUT2D eigenvalue weighted by Gasteiger charge is 2.39. The molecule has 2 N–H and O–H groups in total. The molecule has 35 heavy (non-hydrogen) atoms. The van der Waals surface area contributed by atoms with Gasteiger partial charge in [0.25, 0.3) is 0 Å². The van der Waals surface area contributed by atoms with Crippen molar-refractivity contribution in [2.75, 3.05) is 13.1 Å². The van der Waals surface area contributed by atoms with Crippen LogP contribution in [0.2, 0.25) is 0 Å². The van der Waals surface area contributed by atoms with Crippen LogP contribution in [0.5, 0.6) is 0 Å². The van der Waals surface area contributed by atoms with Gasteiger partial charge in [-0.15, -0.1) is 0 Å².